The van der Waals surface area contributed by atoms with E-state index in [-0.39, 0.29) is 5.91 Å². The second kappa shape index (κ2) is 8.08. The maximum absolute atomic E-state index is 12.3. The number of hydrogen-bond acceptors (Lipinski definition) is 4. The molecule has 7 heteroatoms. The summed E-state index contributed by atoms with van der Waals surface area (Å²) in [5.41, 5.74) is -0.501. The number of carbonyl (C=O) groups excluding carboxylic acids is 2. The van der Waals surface area contributed by atoms with Gasteiger partial charge >= 0.3 is 6.03 Å². The van der Waals surface area contributed by atoms with Crippen LogP contribution in [0.1, 0.15) is 52.3 Å². The Kier molecular flexibility index (Phi) is 6.11. The lowest BCUT2D eigenvalue weighted by atomic mass is 10.0. The lowest BCUT2D eigenvalue weighted by Gasteiger charge is -2.26. The highest BCUT2D eigenvalue weighted by Crippen LogP contribution is 2.23. The van der Waals surface area contributed by atoms with Crippen LogP contribution >= 0.6 is 0 Å². The van der Waals surface area contributed by atoms with Crippen molar-refractivity contribution < 1.29 is 9.59 Å². The largest absolute Gasteiger partial charge is 0.354 e. The maximum atomic E-state index is 12.3. The van der Waals surface area contributed by atoms with Crippen LogP contribution in [0.4, 0.5) is 10.5 Å². The summed E-state index contributed by atoms with van der Waals surface area (Å²) in [5.74, 6) is 1.10. The van der Waals surface area contributed by atoms with Crippen molar-refractivity contribution in [2.75, 3.05) is 11.9 Å². The van der Waals surface area contributed by atoms with Crippen molar-refractivity contribution in [2.45, 2.75) is 58.4 Å². The molecule has 0 radical (unpaired) electrons. The van der Waals surface area contributed by atoms with E-state index in [1.165, 1.54) is 25.7 Å². The SMILES string of the molecule is CCc1ncc(NC(=O)NC(C)(C)C(=O)NCC2CCCC2)cn1. The average molecular weight is 333 g/mol. The first-order chi connectivity index (χ1) is 11.4. The molecule has 2 rings (SSSR count). The second-order valence-electron chi connectivity index (χ2n) is 6.81. The number of aryl methyl sites for hydroxylation is 1. The number of rotatable bonds is 6. The summed E-state index contributed by atoms with van der Waals surface area (Å²) in [4.78, 5) is 32.6. The molecule has 0 aromatic carbocycles. The fourth-order valence-corrected chi connectivity index (χ4v) is 2.78. The fourth-order valence-electron chi connectivity index (χ4n) is 2.78. The first-order valence-corrected chi connectivity index (χ1v) is 8.59. The van der Waals surface area contributed by atoms with Crippen LogP contribution in [0.15, 0.2) is 12.4 Å². The van der Waals surface area contributed by atoms with Crippen LogP contribution < -0.4 is 16.0 Å². The first kappa shape index (κ1) is 18.2. The Morgan fingerprint density at radius 1 is 1.21 bits per heavy atom. The van der Waals surface area contributed by atoms with Crippen LogP contribution in [-0.4, -0.2) is 34.0 Å². The number of nitrogens with one attached hydrogen (secondary N) is 3. The molecular formula is C17H27N5O2. The van der Waals surface area contributed by atoms with Gasteiger partial charge in [-0.25, -0.2) is 14.8 Å². The third kappa shape index (κ3) is 5.18. The number of aromatic nitrogens is 2. The molecule has 24 heavy (non-hydrogen) atoms. The van der Waals surface area contributed by atoms with Gasteiger partial charge in [-0.3, -0.25) is 4.79 Å². The van der Waals surface area contributed by atoms with Crippen molar-refractivity contribution in [3.63, 3.8) is 0 Å². The van der Waals surface area contributed by atoms with Gasteiger partial charge in [-0.15, -0.1) is 0 Å². The van der Waals surface area contributed by atoms with E-state index in [0.29, 0.717) is 24.0 Å². The normalized spacial score (nSPS) is 15.1. The van der Waals surface area contributed by atoms with Gasteiger partial charge in [0.25, 0.3) is 0 Å². The van der Waals surface area contributed by atoms with Crippen molar-refractivity contribution in [1.82, 2.24) is 20.6 Å². The van der Waals surface area contributed by atoms with Crippen LogP contribution in [0, 0.1) is 5.92 Å². The van der Waals surface area contributed by atoms with E-state index in [2.05, 4.69) is 25.9 Å². The predicted molar refractivity (Wildman–Crippen MR) is 92.6 cm³/mol. The summed E-state index contributed by atoms with van der Waals surface area (Å²) in [5, 5.41) is 8.28. The number of urea groups is 1. The van der Waals surface area contributed by atoms with E-state index in [1.54, 1.807) is 26.2 Å². The Morgan fingerprint density at radius 3 is 2.42 bits per heavy atom. The van der Waals surface area contributed by atoms with E-state index in [1.807, 2.05) is 6.92 Å². The molecule has 0 unspecified atom stereocenters. The van der Waals surface area contributed by atoms with Crippen molar-refractivity contribution in [2.24, 2.45) is 5.92 Å². The molecule has 1 aromatic rings. The molecule has 1 aromatic heterocycles. The topological polar surface area (TPSA) is 96.0 Å². The predicted octanol–water partition coefficient (Wildman–Crippen LogP) is 2.25. The third-order valence-electron chi connectivity index (χ3n) is 4.30. The molecule has 0 aliphatic heterocycles. The average Bonchev–Trinajstić information content (AvgIpc) is 3.06. The number of anilines is 1. The van der Waals surface area contributed by atoms with Gasteiger partial charge in [-0.05, 0) is 32.6 Å². The molecule has 1 fully saturated rings. The number of nitrogens with zero attached hydrogens (tertiary/aromatic N) is 2. The van der Waals surface area contributed by atoms with Gasteiger partial charge in [0.2, 0.25) is 5.91 Å². The Bertz CT molecular complexity index is 565. The fraction of sp³-hybridized carbons (Fsp3) is 0.647. The van der Waals surface area contributed by atoms with E-state index < -0.39 is 11.6 Å². The van der Waals surface area contributed by atoms with Crippen molar-refractivity contribution in [3.05, 3.63) is 18.2 Å². The minimum Gasteiger partial charge on any atom is -0.354 e. The summed E-state index contributed by atoms with van der Waals surface area (Å²) in [6, 6.07) is -0.455. The van der Waals surface area contributed by atoms with Crippen LogP contribution in [0.25, 0.3) is 0 Å². The molecule has 1 aliphatic rings. The van der Waals surface area contributed by atoms with Gasteiger partial charge in [0.1, 0.15) is 11.4 Å². The zero-order valence-corrected chi connectivity index (χ0v) is 14.7. The molecule has 3 N–H and O–H groups in total. The molecular weight excluding hydrogens is 306 g/mol. The second-order valence-corrected chi connectivity index (χ2v) is 6.81. The zero-order chi connectivity index (χ0) is 17.6. The van der Waals surface area contributed by atoms with Gasteiger partial charge in [-0.1, -0.05) is 19.8 Å². The Balaban J connectivity index is 1.82. The Morgan fingerprint density at radius 2 is 1.83 bits per heavy atom. The van der Waals surface area contributed by atoms with Crippen molar-refractivity contribution in [1.29, 1.82) is 0 Å². The molecule has 3 amide bonds. The van der Waals surface area contributed by atoms with E-state index in [0.717, 1.165) is 6.42 Å². The van der Waals surface area contributed by atoms with Crippen LogP contribution in [-0.2, 0) is 11.2 Å². The quantitative estimate of drug-likeness (QED) is 0.744. The molecule has 1 heterocycles. The molecule has 0 bridgehead atoms. The highest BCUT2D eigenvalue weighted by Gasteiger charge is 2.30. The Labute approximate surface area is 143 Å². The number of carbonyl (C=O) groups is 2. The van der Waals surface area contributed by atoms with E-state index in [9.17, 15) is 9.59 Å². The lowest BCUT2D eigenvalue weighted by molar-refractivity contribution is -0.126. The molecule has 1 saturated carbocycles. The van der Waals surface area contributed by atoms with E-state index in [4.69, 9.17) is 0 Å². The van der Waals surface area contributed by atoms with Gasteiger partial charge in [0, 0.05) is 13.0 Å². The summed E-state index contributed by atoms with van der Waals surface area (Å²) in [6.07, 6.45) is 8.66. The highest BCUT2D eigenvalue weighted by atomic mass is 16.2. The van der Waals surface area contributed by atoms with Crippen molar-refractivity contribution >= 4 is 17.6 Å². The van der Waals surface area contributed by atoms with Crippen LogP contribution in [0.3, 0.4) is 0 Å². The van der Waals surface area contributed by atoms with Crippen LogP contribution in [0.5, 0.6) is 0 Å². The Hall–Kier alpha value is -2.18. The lowest BCUT2D eigenvalue weighted by Crippen LogP contribution is -2.56. The molecule has 7 nitrogen and oxygen atoms in total. The standard InChI is InChI=1S/C17H27N5O2/c1-4-14-18-10-13(11-19-14)21-16(24)22-17(2,3)15(23)20-9-12-7-5-6-8-12/h10-12H,4-9H2,1-3H3,(H,20,23)(H2,21,22,24). The number of hydrogen-bond donors (Lipinski definition) is 3. The molecule has 0 spiro atoms. The third-order valence-corrected chi connectivity index (χ3v) is 4.30. The summed E-state index contributed by atoms with van der Waals surface area (Å²) >= 11 is 0. The molecule has 0 saturated heterocycles. The van der Waals surface area contributed by atoms with Crippen molar-refractivity contribution in [3.8, 4) is 0 Å². The van der Waals surface area contributed by atoms with Gasteiger partial charge < -0.3 is 16.0 Å². The highest BCUT2D eigenvalue weighted by molar-refractivity contribution is 5.95. The van der Waals surface area contributed by atoms with Gasteiger partial charge in [0.15, 0.2) is 0 Å². The van der Waals surface area contributed by atoms with E-state index >= 15 is 0 Å². The first-order valence-electron chi connectivity index (χ1n) is 8.59. The molecule has 1 aliphatic carbocycles. The van der Waals surface area contributed by atoms with Gasteiger partial charge in [-0.2, -0.15) is 0 Å². The number of amides is 3. The molecule has 0 atom stereocenters. The summed E-state index contributed by atoms with van der Waals surface area (Å²) in [7, 11) is 0. The van der Waals surface area contributed by atoms with Gasteiger partial charge in [0.05, 0.1) is 18.1 Å². The summed E-state index contributed by atoms with van der Waals surface area (Å²) in [6.45, 7) is 6.01. The molecule has 132 valence electrons. The smallest absolute Gasteiger partial charge is 0.320 e. The zero-order valence-electron chi connectivity index (χ0n) is 14.7. The van der Waals surface area contributed by atoms with Crippen LogP contribution in [0.2, 0.25) is 0 Å². The maximum Gasteiger partial charge on any atom is 0.320 e. The monoisotopic (exact) mass is 333 g/mol. The summed E-state index contributed by atoms with van der Waals surface area (Å²) < 4.78 is 0. The minimum absolute atomic E-state index is 0.179. The minimum atomic E-state index is -0.993.